The summed E-state index contributed by atoms with van der Waals surface area (Å²) >= 11 is 1.25. The van der Waals surface area contributed by atoms with Crippen molar-refractivity contribution in [1.82, 2.24) is 4.98 Å². The predicted octanol–water partition coefficient (Wildman–Crippen LogP) is 3.65. The average Bonchev–Trinajstić information content (AvgIpc) is 2.57. The van der Waals surface area contributed by atoms with Crippen LogP contribution in [0.2, 0.25) is 0 Å². The fraction of sp³-hybridized carbons (Fsp3) is 0.133. The maximum Gasteiger partial charge on any atom is 0.154 e. The molecule has 1 aromatic carbocycles. The quantitative estimate of drug-likeness (QED) is 0.221. The summed E-state index contributed by atoms with van der Waals surface area (Å²) in [6, 6.07) is 7.43. The molecule has 0 saturated heterocycles. The van der Waals surface area contributed by atoms with Gasteiger partial charge in [-0.05, 0) is 31.2 Å². The zero-order chi connectivity index (χ0) is 18.4. The number of hydrogen-bond donors (Lipinski definition) is 5. The summed E-state index contributed by atoms with van der Waals surface area (Å²) in [5.74, 6) is 0.188. The molecule has 0 bridgehead atoms. The molecule has 0 spiro atoms. The summed E-state index contributed by atoms with van der Waals surface area (Å²) in [7, 11) is 0. The van der Waals surface area contributed by atoms with E-state index < -0.39 is 0 Å². The molecule has 0 saturated carbocycles. The van der Waals surface area contributed by atoms with Crippen LogP contribution in [0, 0.1) is 16.8 Å². The number of thioether (sulfide) groups is 1. The molecule has 7 N–H and O–H groups in total. The lowest BCUT2D eigenvalue weighted by Gasteiger charge is -2.09. The predicted molar refractivity (Wildman–Crippen MR) is 99.5 cm³/mol. The molecule has 2 aromatic rings. The lowest BCUT2D eigenvalue weighted by Crippen LogP contribution is -2.13. The highest BCUT2D eigenvalue weighted by Gasteiger charge is 2.11. The van der Waals surface area contributed by atoms with Gasteiger partial charge in [0.15, 0.2) is 5.82 Å². The maximum absolute atomic E-state index is 13.1. The molecule has 10 heteroatoms. The van der Waals surface area contributed by atoms with Crippen LogP contribution in [0.15, 0.2) is 45.4 Å². The van der Waals surface area contributed by atoms with Gasteiger partial charge in [0.25, 0.3) is 0 Å². The highest BCUT2D eigenvalue weighted by Crippen LogP contribution is 2.34. The van der Waals surface area contributed by atoms with Crippen LogP contribution in [0.25, 0.3) is 0 Å². The van der Waals surface area contributed by atoms with Crippen LogP contribution in [-0.4, -0.2) is 22.2 Å². The zero-order valence-corrected chi connectivity index (χ0v) is 14.2. The number of aromatic nitrogens is 1. The molecule has 0 unspecified atom stereocenters. The van der Waals surface area contributed by atoms with Crippen molar-refractivity contribution in [3.05, 3.63) is 36.1 Å². The van der Waals surface area contributed by atoms with Crippen LogP contribution in [0.1, 0.15) is 6.92 Å². The van der Waals surface area contributed by atoms with Crippen molar-refractivity contribution in [3.63, 3.8) is 0 Å². The molecule has 0 atom stereocenters. The van der Waals surface area contributed by atoms with Crippen molar-refractivity contribution in [2.75, 3.05) is 22.6 Å². The van der Waals surface area contributed by atoms with E-state index in [2.05, 4.69) is 20.6 Å². The largest absolute Gasteiger partial charge is 0.384 e. The smallest absolute Gasteiger partial charge is 0.154 e. The van der Waals surface area contributed by atoms with Crippen molar-refractivity contribution in [3.8, 4) is 0 Å². The van der Waals surface area contributed by atoms with Gasteiger partial charge in [-0.1, -0.05) is 6.07 Å². The van der Waals surface area contributed by atoms with Gasteiger partial charge in [-0.3, -0.25) is 5.43 Å². The van der Waals surface area contributed by atoms with E-state index in [9.17, 15) is 4.39 Å². The van der Waals surface area contributed by atoms with Gasteiger partial charge in [0.2, 0.25) is 0 Å². The molecule has 2 rings (SSSR count). The van der Waals surface area contributed by atoms with E-state index in [0.717, 1.165) is 0 Å². The van der Waals surface area contributed by atoms with E-state index in [4.69, 9.17) is 22.4 Å². The van der Waals surface area contributed by atoms with Gasteiger partial charge in [0, 0.05) is 10.6 Å². The van der Waals surface area contributed by atoms with Gasteiger partial charge in [0.05, 0.1) is 17.1 Å². The molecule has 0 aliphatic heterocycles. The molecule has 0 fully saturated rings. The van der Waals surface area contributed by atoms with Crippen LogP contribution in [-0.2, 0) is 0 Å². The van der Waals surface area contributed by atoms with E-state index in [1.54, 1.807) is 25.1 Å². The Morgan fingerprint density at radius 1 is 1.36 bits per heavy atom. The summed E-state index contributed by atoms with van der Waals surface area (Å²) in [5.41, 5.74) is 22.6. The standard InChI is InChI=1S/C15H17FN8S/c1-8(23-24-10-4-2-3-9(16)5-10)11(17)7-25-12-6-13(18)21-15(19)14(12)22-20/h2-6,17,20,24H,7H2,1H3,(H4,18,19,21)/b17-11?,22-20?,23-8-. The second-order valence-corrected chi connectivity index (χ2v) is 5.99. The van der Waals surface area contributed by atoms with Gasteiger partial charge in [-0.2, -0.15) is 10.2 Å². The number of hydrogen-bond acceptors (Lipinski definition) is 9. The Balaban J connectivity index is 2.02. The highest BCUT2D eigenvalue weighted by atomic mass is 32.2. The van der Waals surface area contributed by atoms with Crippen molar-refractivity contribution in [2.24, 2.45) is 10.2 Å². The molecule has 130 valence electrons. The van der Waals surface area contributed by atoms with Gasteiger partial charge < -0.3 is 16.9 Å². The number of anilines is 3. The number of benzene rings is 1. The first-order chi connectivity index (χ1) is 11.9. The average molecular weight is 360 g/mol. The van der Waals surface area contributed by atoms with E-state index >= 15 is 0 Å². The van der Waals surface area contributed by atoms with E-state index in [1.807, 2.05) is 0 Å². The number of halogens is 1. The number of rotatable bonds is 7. The first kappa shape index (κ1) is 18.3. The molecule has 25 heavy (non-hydrogen) atoms. The number of nitrogen functional groups attached to an aromatic ring is 2. The number of nitrogens with two attached hydrogens (primary N) is 2. The number of nitrogens with one attached hydrogen (secondary N) is 3. The van der Waals surface area contributed by atoms with E-state index in [1.165, 1.54) is 23.9 Å². The third-order valence-corrected chi connectivity index (χ3v) is 4.16. The number of nitrogens with zero attached hydrogens (tertiary/aromatic N) is 3. The summed E-state index contributed by atoms with van der Waals surface area (Å²) in [5, 5.41) is 15.5. The van der Waals surface area contributed by atoms with Crippen LogP contribution in [0.5, 0.6) is 0 Å². The fourth-order valence-corrected chi connectivity index (χ4v) is 2.80. The van der Waals surface area contributed by atoms with E-state index in [-0.39, 0.29) is 34.6 Å². The van der Waals surface area contributed by atoms with Crippen LogP contribution in [0.3, 0.4) is 0 Å². The Kier molecular flexibility index (Phi) is 6.01. The molecular weight excluding hydrogens is 343 g/mol. The summed E-state index contributed by atoms with van der Waals surface area (Å²) < 4.78 is 13.1. The summed E-state index contributed by atoms with van der Waals surface area (Å²) in [4.78, 5) is 4.41. The molecule has 1 aromatic heterocycles. The normalized spacial score (nSPS) is 11.2. The molecule has 1 heterocycles. The van der Waals surface area contributed by atoms with Gasteiger partial charge in [-0.25, -0.2) is 14.9 Å². The number of pyridine rings is 1. The first-order valence-corrected chi connectivity index (χ1v) is 8.09. The molecule has 0 aliphatic rings. The highest BCUT2D eigenvalue weighted by molar-refractivity contribution is 8.00. The van der Waals surface area contributed by atoms with E-state index in [0.29, 0.717) is 16.3 Å². The molecule has 0 amide bonds. The second kappa shape index (κ2) is 8.20. The van der Waals surface area contributed by atoms with Crippen molar-refractivity contribution >= 4 is 46.2 Å². The minimum atomic E-state index is -0.372. The minimum Gasteiger partial charge on any atom is -0.384 e. The van der Waals surface area contributed by atoms with Crippen molar-refractivity contribution in [2.45, 2.75) is 11.8 Å². The Labute approximate surface area is 147 Å². The Morgan fingerprint density at radius 2 is 2.12 bits per heavy atom. The summed E-state index contributed by atoms with van der Waals surface area (Å²) in [6.07, 6.45) is 0. The molecule has 0 aliphatic carbocycles. The van der Waals surface area contributed by atoms with Crippen LogP contribution < -0.4 is 16.9 Å². The van der Waals surface area contributed by atoms with Gasteiger partial charge in [-0.15, -0.1) is 11.8 Å². The van der Waals surface area contributed by atoms with Crippen molar-refractivity contribution < 1.29 is 4.39 Å². The monoisotopic (exact) mass is 360 g/mol. The second-order valence-electron chi connectivity index (χ2n) is 4.98. The number of hydrazone groups is 1. The SMILES string of the molecule is C/C(=N/Nc1cccc(F)c1)C(=N)CSc1cc(N)nc(N)c1N=N. The lowest BCUT2D eigenvalue weighted by atomic mass is 10.3. The van der Waals surface area contributed by atoms with Gasteiger partial charge >= 0.3 is 0 Å². The molecule has 8 nitrogen and oxygen atoms in total. The summed E-state index contributed by atoms with van der Waals surface area (Å²) in [6.45, 7) is 1.67. The van der Waals surface area contributed by atoms with Gasteiger partial charge in [0.1, 0.15) is 17.3 Å². The third-order valence-electron chi connectivity index (χ3n) is 3.10. The zero-order valence-electron chi connectivity index (χ0n) is 13.4. The van der Waals surface area contributed by atoms with Crippen LogP contribution >= 0.6 is 11.8 Å². The Morgan fingerprint density at radius 3 is 2.80 bits per heavy atom. The Hall–Kier alpha value is -3.01. The van der Waals surface area contributed by atoms with Crippen LogP contribution in [0.4, 0.5) is 27.4 Å². The Bertz CT molecular complexity index is 836. The first-order valence-electron chi connectivity index (χ1n) is 7.10. The third kappa shape index (κ3) is 4.98. The molecule has 0 radical (unpaired) electrons. The molecular formula is C15H17FN8S. The topological polar surface area (TPSA) is 149 Å². The van der Waals surface area contributed by atoms with Crippen molar-refractivity contribution in [1.29, 1.82) is 10.9 Å². The maximum atomic E-state index is 13.1. The minimum absolute atomic E-state index is 0.0715. The fourth-order valence-electron chi connectivity index (χ4n) is 1.80. The lowest BCUT2D eigenvalue weighted by molar-refractivity contribution is 0.628.